The van der Waals surface area contributed by atoms with Gasteiger partial charge < -0.3 is 14.5 Å². The van der Waals surface area contributed by atoms with Gasteiger partial charge in [0.25, 0.3) is 6.01 Å². The van der Waals surface area contributed by atoms with E-state index in [1.54, 1.807) is 0 Å². The lowest BCUT2D eigenvalue weighted by Crippen LogP contribution is -2.48. The van der Waals surface area contributed by atoms with E-state index in [9.17, 15) is 0 Å². The molecular weight excluding hydrogens is 254 g/mol. The second kappa shape index (κ2) is 5.07. The van der Waals surface area contributed by atoms with Crippen molar-refractivity contribution in [1.29, 1.82) is 0 Å². The summed E-state index contributed by atoms with van der Waals surface area (Å²) in [6, 6.07) is 9.03. The normalized spacial score (nSPS) is 26.8. The number of benzene rings is 1. The fraction of sp³-hybridized carbons (Fsp3) is 0.533. The van der Waals surface area contributed by atoms with Gasteiger partial charge in [0.15, 0.2) is 5.58 Å². The average molecular weight is 273 g/mol. The van der Waals surface area contributed by atoms with Crippen LogP contribution in [0.5, 0.6) is 0 Å². The Balaban J connectivity index is 1.38. The first-order valence-corrected chi connectivity index (χ1v) is 7.33. The van der Waals surface area contributed by atoms with E-state index in [0.29, 0.717) is 12.1 Å². The van der Waals surface area contributed by atoms with Crippen molar-refractivity contribution in [2.45, 2.75) is 25.0 Å². The molecule has 2 fully saturated rings. The highest BCUT2D eigenvalue weighted by atomic mass is 16.5. The fourth-order valence-corrected chi connectivity index (χ4v) is 3.16. The predicted octanol–water partition coefficient (Wildman–Crippen LogP) is 2.10. The van der Waals surface area contributed by atoms with Crippen LogP contribution in [0.15, 0.2) is 28.7 Å². The molecule has 2 aliphatic heterocycles. The zero-order valence-electron chi connectivity index (χ0n) is 11.4. The van der Waals surface area contributed by atoms with Gasteiger partial charge in [0.1, 0.15) is 5.52 Å². The Morgan fingerprint density at radius 2 is 2.30 bits per heavy atom. The number of fused-ring (bicyclic) bond motifs is 2. The van der Waals surface area contributed by atoms with E-state index in [2.05, 4.69) is 15.2 Å². The molecule has 0 saturated carbocycles. The van der Waals surface area contributed by atoms with Gasteiger partial charge in [-0.2, -0.15) is 4.98 Å². The lowest BCUT2D eigenvalue weighted by Gasteiger charge is -2.35. The largest absolute Gasteiger partial charge is 0.424 e. The van der Waals surface area contributed by atoms with Gasteiger partial charge in [0.2, 0.25) is 0 Å². The maximum absolute atomic E-state index is 5.91. The van der Waals surface area contributed by atoms with Crippen molar-refractivity contribution >= 4 is 17.1 Å². The van der Waals surface area contributed by atoms with Gasteiger partial charge in [-0.05, 0) is 31.5 Å². The molecule has 2 aliphatic rings. The van der Waals surface area contributed by atoms with E-state index < -0.39 is 0 Å². The summed E-state index contributed by atoms with van der Waals surface area (Å²) in [6.07, 6.45) is 2.81. The molecular formula is C15H19N3O2. The Morgan fingerprint density at radius 3 is 3.25 bits per heavy atom. The highest BCUT2D eigenvalue weighted by molar-refractivity contribution is 5.74. The predicted molar refractivity (Wildman–Crippen MR) is 76.8 cm³/mol. The Labute approximate surface area is 117 Å². The van der Waals surface area contributed by atoms with Crippen molar-refractivity contribution in [2.75, 3.05) is 31.6 Å². The van der Waals surface area contributed by atoms with E-state index in [0.717, 1.165) is 30.8 Å². The van der Waals surface area contributed by atoms with Crippen LogP contribution in [0.3, 0.4) is 0 Å². The van der Waals surface area contributed by atoms with Crippen molar-refractivity contribution in [3.8, 4) is 0 Å². The van der Waals surface area contributed by atoms with E-state index in [4.69, 9.17) is 9.15 Å². The Kier molecular flexibility index (Phi) is 3.09. The molecule has 2 saturated heterocycles. The second-order valence-corrected chi connectivity index (χ2v) is 5.61. The molecule has 0 radical (unpaired) electrons. The molecule has 1 N–H and O–H groups in total. The quantitative estimate of drug-likeness (QED) is 0.928. The third-order valence-corrected chi connectivity index (χ3v) is 4.24. The van der Waals surface area contributed by atoms with Crippen LogP contribution < -0.4 is 5.32 Å². The number of morpholine rings is 1. The third-order valence-electron chi connectivity index (χ3n) is 4.24. The zero-order chi connectivity index (χ0) is 13.4. The van der Waals surface area contributed by atoms with Crippen LogP contribution in [-0.4, -0.2) is 48.3 Å². The minimum atomic E-state index is 0.222. The molecule has 2 atom stereocenters. The van der Waals surface area contributed by atoms with Crippen molar-refractivity contribution in [2.24, 2.45) is 0 Å². The van der Waals surface area contributed by atoms with E-state index in [1.807, 2.05) is 24.3 Å². The SMILES string of the molecule is c1ccc2oc(NC[C@H]3CN4CCC[C@@H]4CO3)nc2c1. The van der Waals surface area contributed by atoms with Crippen LogP contribution in [0.1, 0.15) is 12.8 Å². The van der Waals surface area contributed by atoms with E-state index in [1.165, 1.54) is 19.4 Å². The van der Waals surface area contributed by atoms with Gasteiger partial charge in [-0.15, -0.1) is 0 Å². The number of anilines is 1. The minimum Gasteiger partial charge on any atom is -0.424 e. The fourth-order valence-electron chi connectivity index (χ4n) is 3.16. The highest BCUT2D eigenvalue weighted by Gasteiger charge is 2.32. The maximum Gasteiger partial charge on any atom is 0.295 e. The topological polar surface area (TPSA) is 50.5 Å². The summed E-state index contributed by atoms with van der Waals surface area (Å²) in [5.41, 5.74) is 1.71. The van der Waals surface area contributed by atoms with Crippen molar-refractivity contribution in [3.63, 3.8) is 0 Å². The number of nitrogens with one attached hydrogen (secondary N) is 1. The molecule has 3 heterocycles. The summed E-state index contributed by atoms with van der Waals surface area (Å²) in [6.45, 7) is 3.83. The smallest absolute Gasteiger partial charge is 0.295 e. The van der Waals surface area contributed by atoms with Crippen molar-refractivity contribution in [1.82, 2.24) is 9.88 Å². The van der Waals surface area contributed by atoms with Crippen LogP contribution in [0.4, 0.5) is 6.01 Å². The minimum absolute atomic E-state index is 0.222. The summed E-state index contributed by atoms with van der Waals surface area (Å²) in [4.78, 5) is 6.96. The lowest BCUT2D eigenvalue weighted by molar-refractivity contribution is -0.0417. The van der Waals surface area contributed by atoms with Crippen LogP contribution in [0, 0.1) is 0 Å². The van der Waals surface area contributed by atoms with Gasteiger partial charge in [-0.3, -0.25) is 4.90 Å². The number of nitrogens with zero attached hydrogens (tertiary/aromatic N) is 2. The summed E-state index contributed by atoms with van der Waals surface area (Å²) in [5.74, 6) is 0. The Hall–Kier alpha value is -1.59. The van der Waals surface area contributed by atoms with Crippen LogP contribution in [-0.2, 0) is 4.74 Å². The van der Waals surface area contributed by atoms with Crippen LogP contribution in [0.2, 0.25) is 0 Å². The molecule has 0 aliphatic carbocycles. The standard InChI is InChI=1S/C15H19N3O2/c1-2-6-14-13(5-1)17-15(20-14)16-8-12-9-18-7-3-4-11(18)10-19-12/h1-2,5-6,11-12H,3-4,7-10H2,(H,16,17)/t11-,12+/m1/s1. The van der Waals surface area contributed by atoms with E-state index >= 15 is 0 Å². The first-order valence-electron chi connectivity index (χ1n) is 7.33. The lowest BCUT2D eigenvalue weighted by atomic mass is 10.2. The van der Waals surface area contributed by atoms with Gasteiger partial charge in [0, 0.05) is 19.1 Å². The summed E-state index contributed by atoms with van der Waals surface area (Å²) in [5, 5.41) is 3.25. The zero-order valence-corrected chi connectivity index (χ0v) is 11.4. The van der Waals surface area contributed by atoms with Gasteiger partial charge in [-0.25, -0.2) is 0 Å². The van der Waals surface area contributed by atoms with Gasteiger partial charge in [-0.1, -0.05) is 12.1 Å². The highest BCUT2D eigenvalue weighted by Crippen LogP contribution is 2.23. The molecule has 0 spiro atoms. The van der Waals surface area contributed by atoms with Gasteiger partial charge in [0.05, 0.1) is 12.7 Å². The number of hydrogen-bond donors (Lipinski definition) is 1. The van der Waals surface area contributed by atoms with Crippen molar-refractivity contribution in [3.05, 3.63) is 24.3 Å². The average Bonchev–Trinajstić information content (AvgIpc) is 3.10. The van der Waals surface area contributed by atoms with Gasteiger partial charge >= 0.3 is 0 Å². The first-order chi connectivity index (χ1) is 9.88. The molecule has 106 valence electrons. The molecule has 2 aromatic rings. The molecule has 5 nitrogen and oxygen atoms in total. The molecule has 0 amide bonds. The summed E-state index contributed by atoms with van der Waals surface area (Å²) < 4.78 is 11.6. The molecule has 0 bridgehead atoms. The van der Waals surface area contributed by atoms with E-state index in [-0.39, 0.29) is 6.10 Å². The number of aromatic nitrogens is 1. The molecule has 1 aromatic carbocycles. The monoisotopic (exact) mass is 273 g/mol. The molecule has 1 aromatic heterocycles. The Morgan fingerprint density at radius 1 is 1.35 bits per heavy atom. The number of ether oxygens (including phenoxy) is 1. The molecule has 20 heavy (non-hydrogen) atoms. The van der Waals surface area contributed by atoms with Crippen molar-refractivity contribution < 1.29 is 9.15 Å². The third kappa shape index (κ3) is 2.27. The number of para-hydroxylation sites is 2. The summed E-state index contributed by atoms with van der Waals surface area (Å²) in [7, 11) is 0. The maximum atomic E-state index is 5.91. The second-order valence-electron chi connectivity index (χ2n) is 5.61. The van der Waals surface area contributed by atoms with Crippen LogP contribution in [0.25, 0.3) is 11.1 Å². The van der Waals surface area contributed by atoms with Crippen LogP contribution >= 0.6 is 0 Å². The molecule has 0 unspecified atom stereocenters. The number of hydrogen-bond acceptors (Lipinski definition) is 5. The molecule has 4 rings (SSSR count). The Bertz CT molecular complexity index is 565. The number of oxazole rings is 1. The first kappa shape index (κ1) is 12.2. The number of rotatable bonds is 3. The summed E-state index contributed by atoms with van der Waals surface area (Å²) >= 11 is 0. The molecule has 5 heteroatoms.